The van der Waals surface area contributed by atoms with Crippen LogP contribution in [0.1, 0.15) is 76.7 Å². The highest BCUT2D eigenvalue weighted by Gasteiger charge is 2.45. The van der Waals surface area contributed by atoms with E-state index in [9.17, 15) is 14.4 Å². The topological polar surface area (TPSA) is 98.9 Å². The summed E-state index contributed by atoms with van der Waals surface area (Å²) in [6.07, 6.45) is 1.89. The molecule has 0 saturated heterocycles. The van der Waals surface area contributed by atoms with E-state index in [4.69, 9.17) is 13.9 Å². The van der Waals surface area contributed by atoms with Crippen LogP contribution in [0.3, 0.4) is 0 Å². The lowest BCUT2D eigenvalue weighted by Crippen LogP contribution is -2.29. The van der Waals surface area contributed by atoms with Crippen LogP contribution in [0.15, 0.2) is 50.1 Å². The fraction of sp³-hybridized carbons (Fsp3) is 0.310. The third kappa shape index (κ3) is 4.87. The molecule has 0 spiro atoms. The molecule has 0 N–H and O–H groups in total. The Kier molecular flexibility index (Phi) is 7.59. The van der Waals surface area contributed by atoms with E-state index in [0.717, 1.165) is 24.2 Å². The zero-order valence-corrected chi connectivity index (χ0v) is 24.4. The van der Waals surface area contributed by atoms with Gasteiger partial charge in [-0.1, -0.05) is 46.7 Å². The van der Waals surface area contributed by atoms with Gasteiger partial charge < -0.3 is 13.9 Å². The van der Waals surface area contributed by atoms with Crippen LogP contribution >= 0.6 is 27.3 Å². The normalized spacial score (nSPS) is 14.6. The average molecular weight is 612 g/mol. The zero-order valence-electron chi connectivity index (χ0n) is 22.0. The minimum Gasteiger partial charge on any atom is -0.490 e. The fourth-order valence-corrected chi connectivity index (χ4v) is 6.03. The van der Waals surface area contributed by atoms with Gasteiger partial charge in [-0.2, -0.15) is 0 Å². The smallest absolute Gasteiger partial charge is 0.297 e. The van der Waals surface area contributed by atoms with Gasteiger partial charge in [0, 0.05) is 11.4 Å². The number of rotatable bonds is 9. The van der Waals surface area contributed by atoms with Crippen molar-refractivity contribution in [3.8, 4) is 11.5 Å². The van der Waals surface area contributed by atoms with Crippen LogP contribution < -0.4 is 19.8 Å². The standard InChI is InChI=1S/C29H27BrN2O6S/c1-5-7-12-37-21-10-8-17(13-22(21)36-6-2)24-23-25(34)19-14-18(30)9-11-20(19)38-26(23)28(35)32(24)29-31-15(3)27(39-29)16(4)33/h8-11,13-14,24H,5-7,12H2,1-4H3. The second kappa shape index (κ2) is 10.9. The molecule has 2 aromatic carbocycles. The molecule has 3 heterocycles. The largest absolute Gasteiger partial charge is 0.490 e. The van der Waals surface area contributed by atoms with Crippen LogP contribution in [0.25, 0.3) is 11.0 Å². The minimum atomic E-state index is -0.846. The number of hydrogen-bond acceptors (Lipinski definition) is 8. The number of aryl methyl sites for hydroxylation is 1. The van der Waals surface area contributed by atoms with Crippen molar-refractivity contribution in [3.05, 3.63) is 78.6 Å². The number of carbonyl (C=O) groups is 2. The van der Waals surface area contributed by atoms with Crippen LogP contribution in [0.4, 0.5) is 5.13 Å². The first-order chi connectivity index (χ1) is 18.7. The Hall–Kier alpha value is -3.50. The number of ether oxygens (including phenoxy) is 2. The second-order valence-corrected chi connectivity index (χ2v) is 11.1. The van der Waals surface area contributed by atoms with Crippen LogP contribution in [0, 0.1) is 6.92 Å². The summed E-state index contributed by atoms with van der Waals surface area (Å²) in [7, 11) is 0. The molecule has 8 nitrogen and oxygen atoms in total. The summed E-state index contributed by atoms with van der Waals surface area (Å²) in [6.45, 7) is 8.11. The molecule has 1 amide bonds. The van der Waals surface area contributed by atoms with Crippen molar-refractivity contribution in [1.82, 2.24) is 4.98 Å². The highest BCUT2D eigenvalue weighted by atomic mass is 79.9. The minimum absolute atomic E-state index is 0.0433. The highest BCUT2D eigenvalue weighted by Crippen LogP contribution is 2.45. The maximum atomic E-state index is 13.9. The van der Waals surface area contributed by atoms with Gasteiger partial charge in [-0.15, -0.1) is 0 Å². The van der Waals surface area contributed by atoms with Crippen molar-refractivity contribution in [1.29, 1.82) is 0 Å². The number of fused-ring (bicyclic) bond motifs is 2. The molecule has 0 fully saturated rings. The van der Waals surface area contributed by atoms with Gasteiger partial charge in [-0.25, -0.2) is 4.98 Å². The first-order valence-corrected chi connectivity index (χ1v) is 14.3. The number of Topliss-reactive ketones (excluding diaryl/α,β-unsaturated/α-hetero) is 1. The summed E-state index contributed by atoms with van der Waals surface area (Å²) in [4.78, 5) is 46.5. The number of amides is 1. The number of halogens is 1. The predicted octanol–water partition coefficient (Wildman–Crippen LogP) is 6.85. The predicted molar refractivity (Wildman–Crippen MR) is 154 cm³/mol. The molecule has 0 bridgehead atoms. The van der Waals surface area contributed by atoms with Crippen LogP contribution in [0.5, 0.6) is 11.5 Å². The number of unbranched alkanes of at least 4 members (excludes halogenated alkanes) is 1. The Balaban J connectivity index is 1.73. The van der Waals surface area contributed by atoms with Crippen molar-refractivity contribution in [2.24, 2.45) is 0 Å². The number of hydrogen-bond donors (Lipinski definition) is 0. The van der Waals surface area contributed by atoms with Crippen molar-refractivity contribution in [3.63, 3.8) is 0 Å². The highest BCUT2D eigenvalue weighted by molar-refractivity contribution is 9.10. The van der Waals surface area contributed by atoms with Gasteiger partial charge in [0.2, 0.25) is 5.76 Å². The molecule has 1 atom stereocenters. The van der Waals surface area contributed by atoms with Crippen molar-refractivity contribution in [2.45, 2.75) is 46.6 Å². The molecule has 0 saturated carbocycles. The molecule has 5 rings (SSSR count). The molecule has 2 aromatic heterocycles. The molecule has 202 valence electrons. The van der Waals surface area contributed by atoms with E-state index in [1.165, 1.54) is 11.8 Å². The van der Waals surface area contributed by atoms with Crippen LogP contribution in [-0.2, 0) is 0 Å². The first-order valence-electron chi connectivity index (χ1n) is 12.7. The lowest BCUT2D eigenvalue weighted by atomic mass is 9.98. The lowest BCUT2D eigenvalue weighted by molar-refractivity contribution is 0.0969. The summed E-state index contributed by atoms with van der Waals surface area (Å²) < 4.78 is 18.6. The van der Waals surface area contributed by atoms with E-state index in [1.54, 1.807) is 37.3 Å². The van der Waals surface area contributed by atoms with Crippen molar-refractivity contribution < 1.29 is 23.5 Å². The van der Waals surface area contributed by atoms with E-state index in [0.29, 0.717) is 61.4 Å². The molecule has 0 aliphatic carbocycles. The number of ketones is 1. The van der Waals surface area contributed by atoms with E-state index < -0.39 is 11.9 Å². The van der Waals surface area contributed by atoms with Gasteiger partial charge >= 0.3 is 0 Å². The van der Waals surface area contributed by atoms with E-state index in [2.05, 4.69) is 27.8 Å². The second-order valence-electron chi connectivity index (χ2n) is 9.20. The molecule has 1 unspecified atom stereocenters. The lowest BCUT2D eigenvalue weighted by Gasteiger charge is -2.23. The third-order valence-corrected chi connectivity index (χ3v) is 8.23. The van der Waals surface area contributed by atoms with Gasteiger partial charge in [0.15, 0.2) is 27.8 Å². The number of carbonyl (C=O) groups excluding carboxylic acids is 2. The van der Waals surface area contributed by atoms with Gasteiger partial charge in [-0.05, 0) is 56.2 Å². The molecule has 10 heteroatoms. The Morgan fingerprint density at radius 1 is 1.13 bits per heavy atom. The molecule has 1 aliphatic rings. The van der Waals surface area contributed by atoms with Crippen molar-refractivity contribution in [2.75, 3.05) is 18.1 Å². The molecule has 0 radical (unpaired) electrons. The maximum absolute atomic E-state index is 13.9. The van der Waals surface area contributed by atoms with Gasteiger partial charge in [-0.3, -0.25) is 19.3 Å². The van der Waals surface area contributed by atoms with Crippen LogP contribution in [0.2, 0.25) is 0 Å². The number of thiazole rings is 1. The molecular formula is C29H27BrN2O6S. The fourth-order valence-electron chi connectivity index (χ4n) is 4.68. The van der Waals surface area contributed by atoms with Gasteiger partial charge in [0.1, 0.15) is 5.58 Å². The zero-order chi connectivity index (χ0) is 27.8. The number of aromatic nitrogens is 1. The summed E-state index contributed by atoms with van der Waals surface area (Å²) in [5, 5.41) is 0.664. The molecule has 39 heavy (non-hydrogen) atoms. The van der Waals surface area contributed by atoms with E-state index >= 15 is 0 Å². The molecular weight excluding hydrogens is 584 g/mol. The monoisotopic (exact) mass is 610 g/mol. The van der Waals surface area contributed by atoms with E-state index in [1.807, 2.05) is 13.0 Å². The third-order valence-electron chi connectivity index (χ3n) is 6.48. The first kappa shape index (κ1) is 27.1. The summed E-state index contributed by atoms with van der Waals surface area (Å²) in [6, 6.07) is 9.65. The Labute approximate surface area is 237 Å². The Morgan fingerprint density at radius 3 is 2.62 bits per heavy atom. The summed E-state index contributed by atoms with van der Waals surface area (Å²) in [5.74, 6) is 0.414. The van der Waals surface area contributed by atoms with E-state index in [-0.39, 0.29) is 22.5 Å². The van der Waals surface area contributed by atoms with Crippen molar-refractivity contribution >= 4 is 55.1 Å². The average Bonchev–Trinajstić information content (AvgIpc) is 3.43. The summed E-state index contributed by atoms with van der Waals surface area (Å²) in [5.41, 5.74) is 1.37. The van der Waals surface area contributed by atoms with Gasteiger partial charge in [0.05, 0.1) is 40.8 Å². The summed E-state index contributed by atoms with van der Waals surface area (Å²) >= 11 is 4.54. The Bertz CT molecular complexity index is 1660. The molecule has 4 aromatic rings. The Morgan fingerprint density at radius 2 is 1.92 bits per heavy atom. The molecule has 1 aliphatic heterocycles. The number of nitrogens with zero attached hydrogens (tertiary/aromatic N) is 2. The number of benzene rings is 2. The maximum Gasteiger partial charge on any atom is 0.297 e. The SMILES string of the molecule is CCCCOc1ccc(C2c3c(oc4ccc(Br)cc4c3=O)C(=O)N2c2nc(C)c(C(C)=O)s2)cc1OCC. The quantitative estimate of drug-likeness (QED) is 0.151. The van der Waals surface area contributed by atoms with Gasteiger partial charge in [0.25, 0.3) is 5.91 Å². The van der Waals surface area contributed by atoms with Crippen LogP contribution in [-0.4, -0.2) is 29.9 Å². The number of anilines is 1.